The number of thiophene rings is 1. The Labute approximate surface area is 72.6 Å². The molecule has 2 heterocycles. The summed E-state index contributed by atoms with van der Waals surface area (Å²) in [5, 5.41) is 9.51. The van der Waals surface area contributed by atoms with E-state index >= 15 is 0 Å². The zero-order chi connectivity index (χ0) is 8.72. The number of aromatic nitrogens is 1. The van der Waals surface area contributed by atoms with Crippen molar-refractivity contribution in [3.05, 3.63) is 17.1 Å². The fraction of sp³-hybridized carbons (Fsp3) is 0.125. The number of Topliss-reactive ketones (excluding diaryl/α,β-unsaturated/α-hetero) is 1. The van der Waals surface area contributed by atoms with Gasteiger partial charge in [0.05, 0.1) is 10.2 Å². The van der Waals surface area contributed by atoms with E-state index in [1.165, 1.54) is 18.3 Å². The average molecular weight is 181 g/mol. The lowest BCUT2D eigenvalue weighted by atomic mass is 10.3. The molecule has 0 radical (unpaired) electrons. The van der Waals surface area contributed by atoms with Crippen LogP contribution in [0.3, 0.4) is 0 Å². The highest BCUT2D eigenvalue weighted by molar-refractivity contribution is 7.21. The molecule has 0 aromatic carbocycles. The molecule has 3 nitrogen and oxygen atoms in total. The predicted molar refractivity (Wildman–Crippen MR) is 47.8 cm³/mol. The van der Waals surface area contributed by atoms with Crippen molar-refractivity contribution in [2.45, 2.75) is 6.92 Å². The summed E-state index contributed by atoms with van der Waals surface area (Å²) >= 11 is 1.31. The number of nitrogens with one attached hydrogen (secondary N) is 1. The van der Waals surface area contributed by atoms with E-state index in [1.54, 1.807) is 6.20 Å². The summed E-state index contributed by atoms with van der Waals surface area (Å²) in [6, 6.07) is 1.84. The van der Waals surface area contributed by atoms with Crippen molar-refractivity contribution in [2.75, 3.05) is 0 Å². The van der Waals surface area contributed by atoms with Crippen molar-refractivity contribution in [1.29, 1.82) is 0 Å². The average Bonchev–Trinajstić information content (AvgIpc) is 2.53. The molecule has 0 fully saturated rings. The van der Waals surface area contributed by atoms with E-state index in [-0.39, 0.29) is 11.5 Å². The second-order valence-electron chi connectivity index (χ2n) is 2.55. The molecule has 0 aliphatic heterocycles. The highest BCUT2D eigenvalue weighted by Gasteiger charge is 2.14. The number of hydrogen-bond acceptors (Lipinski definition) is 3. The molecule has 0 amide bonds. The summed E-state index contributed by atoms with van der Waals surface area (Å²) in [5.74, 6) is -0.0189. The van der Waals surface area contributed by atoms with Gasteiger partial charge in [-0.25, -0.2) is 0 Å². The van der Waals surface area contributed by atoms with Gasteiger partial charge in [-0.1, -0.05) is 0 Å². The van der Waals surface area contributed by atoms with Crippen molar-refractivity contribution in [3.8, 4) is 5.75 Å². The SMILES string of the molecule is CC(=O)c1sc2cc[nH]c2c1O. The number of rotatable bonds is 1. The van der Waals surface area contributed by atoms with Crippen LogP contribution in [0, 0.1) is 0 Å². The molecule has 0 unspecified atom stereocenters. The van der Waals surface area contributed by atoms with Crippen LogP contribution in [0.15, 0.2) is 12.3 Å². The molecule has 4 heteroatoms. The Hall–Kier alpha value is -1.29. The predicted octanol–water partition coefficient (Wildman–Crippen LogP) is 2.14. The van der Waals surface area contributed by atoms with Crippen LogP contribution in [0.2, 0.25) is 0 Å². The first-order valence-corrected chi connectivity index (χ1v) is 4.31. The number of H-pyrrole nitrogens is 1. The minimum Gasteiger partial charge on any atom is -0.504 e. The Morgan fingerprint density at radius 1 is 1.67 bits per heavy atom. The summed E-state index contributed by atoms with van der Waals surface area (Å²) in [4.78, 5) is 14.3. The molecule has 2 aromatic rings. The third-order valence-corrected chi connectivity index (χ3v) is 2.94. The lowest BCUT2D eigenvalue weighted by Gasteiger charge is -1.88. The van der Waals surface area contributed by atoms with Gasteiger partial charge in [-0.2, -0.15) is 0 Å². The zero-order valence-electron chi connectivity index (χ0n) is 6.42. The van der Waals surface area contributed by atoms with Crippen molar-refractivity contribution in [1.82, 2.24) is 4.98 Å². The van der Waals surface area contributed by atoms with Crippen LogP contribution in [0.1, 0.15) is 16.6 Å². The second kappa shape index (κ2) is 2.35. The number of fused-ring (bicyclic) bond motifs is 1. The largest absolute Gasteiger partial charge is 0.504 e. The van der Waals surface area contributed by atoms with Crippen LogP contribution in [-0.2, 0) is 0 Å². The van der Waals surface area contributed by atoms with E-state index in [0.717, 1.165) is 4.70 Å². The summed E-state index contributed by atoms with van der Waals surface area (Å²) in [5.41, 5.74) is 0.658. The maximum absolute atomic E-state index is 11.0. The highest BCUT2D eigenvalue weighted by Crippen LogP contribution is 2.35. The molecule has 2 aromatic heterocycles. The first-order chi connectivity index (χ1) is 5.70. The van der Waals surface area contributed by atoms with E-state index in [1.807, 2.05) is 6.07 Å². The highest BCUT2D eigenvalue weighted by atomic mass is 32.1. The molecule has 0 spiro atoms. The molecule has 2 N–H and O–H groups in total. The summed E-state index contributed by atoms with van der Waals surface area (Å²) in [6.45, 7) is 1.45. The van der Waals surface area contributed by atoms with Gasteiger partial charge in [-0.15, -0.1) is 11.3 Å². The van der Waals surface area contributed by atoms with Gasteiger partial charge in [0.15, 0.2) is 11.5 Å². The monoisotopic (exact) mass is 181 g/mol. The number of ketones is 1. The second-order valence-corrected chi connectivity index (χ2v) is 3.61. The van der Waals surface area contributed by atoms with Crippen molar-refractivity contribution in [3.63, 3.8) is 0 Å². The fourth-order valence-corrected chi connectivity index (χ4v) is 2.09. The van der Waals surface area contributed by atoms with Crippen LogP contribution in [0.5, 0.6) is 5.75 Å². The number of carbonyl (C=O) groups excluding carboxylic acids is 1. The van der Waals surface area contributed by atoms with Crippen LogP contribution < -0.4 is 0 Å². The lowest BCUT2D eigenvalue weighted by molar-refractivity contribution is 0.101. The maximum atomic E-state index is 11.0. The number of hydrogen-bond donors (Lipinski definition) is 2. The smallest absolute Gasteiger partial charge is 0.173 e. The Morgan fingerprint density at radius 3 is 3.00 bits per heavy atom. The Bertz CT molecular complexity index is 441. The third kappa shape index (κ3) is 0.848. The van der Waals surface area contributed by atoms with E-state index in [0.29, 0.717) is 10.4 Å². The van der Waals surface area contributed by atoms with E-state index in [2.05, 4.69) is 4.98 Å². The third-order valence-electron chi connectivity index (χ3n) is 1.69. The number of aromatic amines is 1. The lowest BCUT2D eigenvalue weighted by Crippen LogP contribution is -1.85. The molecule has 0 atom stereocenters. The van der Waals surface area contributed by atoms with Crippen molar-refractivity contribution < 1.29 is 9.90 Å². The van der Waals surface area contributed by atoms with E-state index in [9.17, 15) is 9.90 Å². The van der Waals surface area contributed by atoms with Crippen LogP contribution >= 0.6 is 11.3 Å². The Morgan fingerprint density at radius 2 is 2.42 bits per heavy atom. The van der Waals surface area contributed by atoms with Gasteiger partial charge in [0, 0.05) is 13.1 Å². The van der Waals surface area contributed by atoms with Crippen LogP contribution in [-0.4, -0.2) is 15.9 Å². The summed E-state index contributed by atoms with van der Waals surface area (Å²) < 4.78 is 0.915. The van der Waals surface area contributed by atoms with Gasteiger partial charge in [0.2, 0.25) is 0 Å². The topological polar surface area (TPSA) is 53.1 Å². The quantitative estimate of drug-likeness (QED) is 0.662. The van der Waals surface area contributed by atoms with Crippen molar-refractivity contribution in [2.24, 2.45) is 0 Å². The number of aromatic hydroxyl groups is 1. The molecule has 0 saturated heterocycles. The molecule has 0 aliphatic carbocycles. The van der Waals surface area contributed by atoms with Crippen LogP contribution in [0.25, 0.3) is 10.2 Å². The molecular formula is C8H7NO2S. The molecular weight excluding hydrogens is 174 g/mol. The normalized spacial score (nSPS) is 10.8. The first-order valence-electron chi connectivity index (χ1n) is 3.50. The van der Waals surface area contributed by atoms with Gasteiger partial charge in [0.25, 0.3) is 0 Å². The first kappa shape index (κ1) is 7.36. The fourth-order valence-electron chi connectivity index (χ4n) is 1.14. The van der Waals surface area contributed by atoms with Gasteiger partial charge in [-0.05, 0) is 6.07 Å². The van der Waals surface area contributed by atoms with E-state index in [4.69, 9.17) is 0 Å². The number of carbonyl (C=O) groups is 1. The minimum atomic E-state index is -0.0953. The molecule has 12 heavy (non-hydrogen) atoms. The molecule has 0 aliphatic rings. The molecule has 2 rings (SSSR count). The van der Waals surface area contributed by atoms with Gasteiger partial charge in [0.1, 0.15) is 4.88 Å². The van der Waals surface area contributed by atoms with Gasteiger partial charge in [-0.3, -0.25) is 4.79 Å². The van der Waals surface area contributed by atoms with Gasteiger partial charge < -0.3 is 10.1 Å². The standard InChI is InChI=1S/C8H7NO2S/c1-4(10)8-7(11)6-5(12-8)2-3-9-6/h2-3,9,11H,1H3. The summed E-state index contributed by atoms with van der Waals surface area (Å²) in [6.07, 6.45) is 1.74. The minimum absolute atomic E-state index is 0.0764. The Balaban J connectivity index is 2.78. The summed E-state index contributed by atoms with van der Waals surface area (Å²) in [7, 11) is 0. The van der Waals surface area contributed by atoms with E-state index < -0.39 is 0 Å². The molecule has 62 valence electrons. The maximum Gasteiger partial charge on any atom is 0.173 e. The van der Waals surface area contributed by atoms with Crippen molar-refractivity contribution >= 4 is 27.3 Å². The zero-order valence-corrected chi connectivity index (χ0v) is 7.23. The Kier molecular flexibility index (Phi) is 1.44. The van der Waals surface area contributed by atoms with Gasteiger partial charge >= 0.3 is 0 Å². The molecule has 0 bridgehead atoms. The molecule has 0 saturated carbocycles. The van der Waals surface area contributed by atoms with Crippen LogP contribution in [0.4, 0.5) is 0 Å².